The van der Waals surface area contributed by atoms with Crippen molar-refractivity contribution in [3.63, 3.8) is 0 Å². The van der Waals surface area contributed by atoms with Gasteiger partial charge in [0, 0.05) is 25.5 Å². The largest absolute Gasteiger partial charge is 0.494 e. The summed E-state index contributed by atoms with van der Waals surface area (Å²) in [7, 11) is -0.453. The van der Waals surface area contributed by atoms with Crippen LogP contribution >= 0.6 is 0 Å². The number of aromatic nitrogens is 2. The minimum atomic E-state index is -0.612. The third kappa shape index (κ3) is 5.95. The lowest BCUT2D eigenvalue weighted by Gasteiger charge is -2.35. The standard InChI is InChI=1S/C33H40BN3O6/c1-20-35-24-17-22(11-14-27(24)39-20)26-13-9-21(19-37(26)30(38)41-31(2,3)4)10-16-29-36-25-18-23(12-15-28(25)40-29)34-42-32(5,6)33(7,8)43-34/h11-15,17-18,21H,9-10,16,19H2,1-8H3/t21-/m1/s1. The zero-order chi connectivity index (χ0) is 30.7. The first-order valence-electron chi connectivity index (χ1n) is 15.0. The molecule has 1 amide bonds. The van der Waals surface area contributed by atoms with Gasteiger partial charge in [-0.3, -0.25) is 4.90 Å². The van der Waals surface area contributed by atoms with Crippen molar-refractivity contribution >= 4 is 46.6 Å². The number of allylic oxidation sites excluding steroid dienone is 1. The Morgan fingerprint density at radius 2 is 1.67 bits per heavy atom. The minimum absolute atomic E-state index is 0.213. The number of nitrogens with zero attached hydrogens (tertiary/aromatic N) is 3. The predicted octanol–water partition coefficient (Wildman–Crippen LogP) is 6.81. The molecule has 0 saturated carbocycles. The number of amides is 1. The molecule has 1 atom stereocenters. The van der Waals surface area contributed by atoms with E-state index in [1.165, 1.54) is 0 Å². The summed E-state index contributed by atoms with van der Waals surface area (Å²) in [6.45, 7) is 16.2. The maximum Gasteiger partial charge on any atom is 0.494 e. The Labute approximate surface area is 252 Å². The Balaban J connectivity index is 1.18. The number of carbonyl (C=O) groups is 1. The van der Waals surface area contributed by atoms with Gasteiger partial charge in [-0.25, -0.2) is 14.8 Å². The van der Waals surface area contributed by atoms with Gasteiger partial charge in [-0.05, 0) is 103 Å². The molecule has 9 nitrogen and oxygen atoms in total. The lowest BCUT2D eigenvalue weighted by Crippen LogP contribution is -2.41. The number of hydrogen-bond donors (Lipinski definition) is 0. The van der Waals surface area contributed by atoms with Crippen LogP contribution in [0.4, 0.5) is 4.79 Å². The minimum Gasteiger partial charge on any atom is -0.443 e. The fraction of sp³-hybridized carbons (Fsp3) is 0.485. The van der Waals surface area contributed by atoms with Gasteiger partial charge in [-0.2, -0.15) is 0 Å². The van der Waals surface area contributed by atoms with Crippen molar-refractivity contribution in [3.8, 4) is 0 Å². The van der Waals surface area contributed by atoms with E-state index < -0.39 is 23.9 Å². The number of carbonyl (C=O) groups excluding carboxylic acids is 1. The Kier molecular flexibility index (Phi) is 7.21. The summed E-state index contributed by atoms with van der Waals surface area (Å²) in [6, 6.07) is 11.7. The molecule has 2 aromatic carbocycles. The van der Waals surface area contributed by atoms with E-state index in [1.54, 1.807) is 4.90 Å². The van der Waals surface area contributed by atoms with Crippen LogP contribution in [0.1, 0.15) is 78.7 Å². The number of oxazole rings is 2. The Morgan fingerprint density at radius 1 is 1.00 bits per heavy atom. The zero-order valence-corrected chi connectivity index (χ0v) is 26.3. The molecule has 2 aliphatic heterocycles. The van der Waals surface area contributed by atoms with Crippen LogP contribution in [0.5, 0.6) is 0 Å². The van der Waals surface area contributed by atoms with E-state index in [-0.39, 0.29) is 12.0 Å². The van der Waals surface area contributed by atoms with Gasteiger partial charge in [0.15, 0.2) is 22.9 Å². The Morgan fingerprint density at radius 3 is 2.40 bits per heavy atom. The molecule has 0 bridgehead atoms. The second kappa shape index (κ2) is 10.5. The maximum absolute atomic E-state index is 13.4. The van der Waals surface area contributed by atoms with Gasteiger partial charge in [0.25, 0.3) is 0 Å². The first-order chi connectivity index (χ1) is 20.2. The van der Waals surface area contributed by atoms with Crippen molar-refractivity contribution in [2.24, 2.45) is 5.92 Å². The molecule has 6 rings (SSSR count). The topological polar surface area (TPSA) is 100 Å². The third-order valence-electron chi connectivity index (χ3n) is 8.53. The zero-order valence-electron chi connectivity index (χ0n) is 26.3. The van der Waals surface area contributed by atoms with Gasteiger partial charge in [-0.1, -0.05) is 12.1 Å². The van der Waals surface area contributed by atoms with E-state index in [2.05, 4.69) is 11.1 Å². The van der Waals surface area contributed by atoms with Gasteiger partial charge in [0.2, 0.25) is 0 Å². The Bertz CT molecular complexity index is 1700. The van der Waals surface area contributed by atoms with Crippen molar-refractivity contribution < 1.29 is 27.7 Å². The van der Waals surface area contributed by atoms with Crippen LogP contribution in [-0.4, -0.2) is 51.4 Å². The van der Waals surface area contributed by atoms with Gasteiger partial charge in [0.1, 0.15) is 16.6 Å². The number of benzene rings is 2. The highest BCUT2D eigenvalue weighted by Gasteiger charge is 2.51. The molecule has 0 radical (unpaired) electrons. The summed E-state index contributed by atoms with van der Waals surface area (Å²) < 4.78 is 30.0. The number of aryl methyl sites for hydroxylation is 2. The molecule has 226 valence electrons. The first kappa shape index (κ1) is 29.4. The SMILES string of the molecule is Cc1nc2cc(C3=CC[C@H](CCc4nc5cc(B6OC(C)(C)C(C)(C)O6)ccc5o4)CN3C(=O)OC(C)(C)C)ccc2o1. The van der Waals surface area contributed by atoms with Crippen LogP contribution in [0.15, 0.2) is 51.3 Å². The van der Waals surface area contributed by atoms with Crippen molar-refractivity contribution in [3.05, 3.63) is 59.8 Å². The molecule has 43 heavy (non-hydrogen) atoms. The summed E-state index contributed by atoms with van der Waals surface area (Å²) in [4.78, 5) is 24.4. The van der Waals surface area contributed by atoms with Gasteiger partial charge < -0.3 is 22.9 Å². The number of ether oxygens (including phenoxy) is 1. The van der Waals surface area contributed by atoms with Crippen LogP contribution < -0.4 is 5.46 Å². The van der Waals surface area contributed by atoms with Crippen LogP contribution in [0.3, 0.4) is 0 Å². The van der Waals surface area contributed by atoms with E-state index in [0.717, 1.165) is 51.8 Å². The fourth-order valence-electron chi connectivity index (χ4n) is 5.55. The average molecular weight is 586 g/mol. The third-order valence-corrected chi connectivity index (χ3v) is 8.53. The molecule has 0 aliphatic carbocycles. The molecule has 2 aromatic heterocycles. The molecule has 0 N–H and O–H groups in total. The molecule has 0 spiro atoms. The molecule has 10 heteroatoms. The summed E-state index contributed by atoms with van der Waals surface area (Å²) in [5, 5.41) is 0. The quantitative estimate of drug-likeness (QED) is 0.236. The van der Waals surface area contributed by atoms with Crippen molar-refractivity contribution in [2.45, 2.75) is 91.5 Å². The van der Waals surface area contributed by atoms with E-state index in [4.69, 9.17) is 27.9 Å². The smallest absolute Gasteiger partial charge is 0.443 e. The van der Waals surface area contributed by atoms with E-state index in [9.17, 15) is 4.79 Å². The molecular formula is C33H40BN3O6. The number of rotatable bonds is 5. The van der Waals surface area contributed by atoms with Gasteiger partial charge in [-0.15, -0.1) is 0 Å². The van der Waals surface area contributed by atoms with E-state index in [1.807, 2.05) is 91.8 Å². The van der Waals surface area contributed by atoms with Crippen molar-refractivity contribution in [1.29, 1.82) is 0 Å². The number of fused-ring (bicyclic) bond motifs is 2. The lowest BCUT2D eigenvalue weighted by atomic mass is 9.79. The second-order valence-electron chi connectivity index (χ2n) is 13.7. The fourth-order valence-corrected chi connectivity index (χ4v) is 5.55. The second-order valence-corrected chi connectivity index (χ2v) is 13.7. The lowest BCUT2D eigenvalue weighted by molar-refractivity contribution is 0.00578. The monoisotopic (exact) mass is 585 g/mol. The van der Waals surface area contributed by atoms with Gasteiger partial charge in [0.05, 0.1) is 16.9 Å². The van der Waals surface area contributed by atoms with E-state index >= 15 is 0 Å². The predicted molar refractivity (Wildman–Crippen MR) is 166 cm³/mol. The molecule has 1 saturated heterocycles. The molecule has 0 unspecified atom stereocenters. The van der Waals surface area contributed by atoms with Crippen molar-refractivity contribution in [2.75, 3.05) is 6.54 Å². The highest BCUT2D eigenvalue weighted by atomic mass is 16.7. The van der Waals surface area contributed by atoms with Crippen LogP contribution in [0.25, 0.3) is 27.9 Å². The van der Waals surface area contributed by atoms with Crippen LogP contribution in [0, 0.1) is 12.8 Å². The maximum atomic E-state index is 13.4. The highest BCUT2D eigenvalue weighted by molar-refractivity contribution is 6.62. The highest BCUT2D eigenvalue weighted by Crippen LogP contribution is 2.37. The normalized spacial score (nSPS) is 20.2. The Hall–Kier alpha value is -3.63. The molecule has 1 fully saturated rings. The number of hydrogen-bond acceptors (Lipinski definition) is 8. The van der Waals surface area contributed by atoms with Gasteiger partial charge >= 0.3 is 13.2 Å². The summed E-state index contributed by atoms with van der Waals surface area (Å²) in [5.74, 6) is 1.49. The van der Waals surface area contributed by atoms with Crippen LogP contribution in [0.2, 0.25) is 0 Å². The molecular weight excluding hydrogens is 545 g/mol. The average Bonchev–Trinajstić information content (AvgIpc) is 3.56. The molecule has 4 aromatic rings. The van der Waals surface area contributed by atoms with Crippen molar-refractivity contribution in [1.82, 2.24) is 14.9 Å². The van der Waals surface area contributed by atoms with E-state index in [0.29, 0.717) is 24.7 Å². The van der Waals surface area contributed by atoms with Crippen LogP contribution in [-0.2, 0) is 20.5 Å². The molecule has 2 aliphatic rings. The first-order valence-corrected chi connectivity index (χ1v) is 15.0. The summed E-state index contributed by atoms with van der Waals surface area (Å²) >= 11 is 0. The molecule has 4 heterocycles. The summed E-state index contributed by atoms with van der Waals surface area (Å²) in [6.07, 6.45) is 4.03. The summed E-state index contributed by atoms with van der Waals surface area (Å²) in [5.41, 5.74) is 4.21.